The van der Waals surface area contributed by atoms with Crippen LogP contribution in [0.25, 0.3) is 0 Å². The summed E-state index contributed by atoms with van der Waals surface area (Å²) in [4.78, 5) is 38.7. The van der Waals surface area contributed by atoms with Crippen LogP contribution in [-0.4, -0.2) is 50.1 Å². The van der Waals surface area contributed by atoms with Crippen molar-refractivity contribution in [1.29, 1.82) is 0 Å². The highest BCUT2D eigenvalue weighted by Gasteiger charge is 2.50. The first-order valence-electron chi connectivity index (χ1n) is 9.77. The van der Waals surface area contributed by atoms with E-state index in [1.165, 1.54) is 13.0 Å². The van der Waals surface area contributed by atoms with Crippen molar-refractivity contribution >= 4 is 41.0 Å². The molecule has 0 aromatic heterocycles. The second-order valence-electron chi connectivity index (χ2n) is 7.36. The molecule has 0 saturated carbocycles. The molecule has 0 bridgehead atoms. The summed E-state index contributed by atoms with van der Waals surface area (Å²) >= 11 is 12.2. The van der Waals surface area contributed by atoms with Crippen LogP contribution < -0.4 is 20.1 Å². The van der Waals surface area contributed by atoms with Crippen molar-refractivity contribution in [2.24, 2.45) is 0 Å². The highest BCUT2D eigenvalue weighted by Crippen LogP contribution is 2.35. The van der Waals surface area contributed by atoms with E-state index < -0.39 is 29.9 Å². The third-order valence-electron chi connectivity index (χ3n) is 5.23. The van der Waals surface area contributed by atoms with Crippen molar-refractivity contribution in [2.45, 2.75) is 18.9 Å². The van der Waals surface area contributed by atoms with Crippen LogP contribution >= 0.6 is 23.2 Å². The maximum Gasteiger partial charge on any atom is 0.325 e. The number of urea groups is 1. The maximum atomic E-state index is 13.0. The van der Waals surface area contributed by atoms with Crippen molar-refractivity contribution in [3.05, 3.63) is 57.6 Å². The zero-order chi connectivity index (χ0) is 23.5. The number of carbonyl (C=O) groups excluding carboxylic acids is 3. The number of nitrogens with zero attached hydrogens (tertiary/aromatic N) is 1. The smallest absolute Gasteiger partial charge is 0.325 e. The van der Waals surface area contributed by atoms with Crippen molar-refractivity contribution in [1.82, 2.24) is 15.5 Å². The first-order valence-corrected chi connectivity index (χ1v) is 10.5. The van der Waals surface area contributed by atoms with Crippen molar-refractivity contribution in [3.63, 3.8) is 0 Å². The fourth-order valence-corrected chi connectivity index (χ4v) is 4.10. The molecule has 1 aliphatic heterocycles. The topological polar surface area (TPSA) is 97.0 Å². The Balaban J connectivity index is 1.60. The first-order chi connectivity index (χ1) is 15.2. The number of ether oxygens (including phenoxy) is 2. The lowest BCUT2D eigenvalue weighted by Gasteiger charge is -2.23. The molecule has 8 nitrogen and oxygen atoms in total. The van der Waals surface area contributed by atoms with Crippen molar-refractivity contribution < 1.29 is 23.9 Å². The number of halogens is 2. The first kappa shape index (κ1) is 23.7. The van der Waals surface area contributed by atoms with Crippen molar-refractivity contribution in [2.75, 3.05) is 27.3 Å². The molecule has 1 unspecified atom stereocenters. The van der Waals surface area contributed by atoms with Crippen LogP contribution in [-0.2, 0) is 21.5 Å². The normalized spacial score (nSPS) is 17.8. The van der Waals surface area contributed by atoms with E-state index in [1.54, 1.807) is 32.4 Å². The Hall–Kier alpha value is -2.97. The molecule has 0 radical (unpaired) electrons. The van der Waals surface area contributed by atoms with E-state index >= 15 is 0 Å². The van der Waals surface area contributed by atoms with E-state index in [2.05, 4.69) is 10.6 Å². The molecule has 2 aromatic carbocycles. The van der Waals surface area contributed by atoms with Gasteiger partial charge in [-0.1, -0.05) is 35.3 Å². The standard InChI is InChI=1S/C22H23Cl2N3O5/c1-22(15-6-5-14(23)11-16(15)24)20(29)27(21(30)26-22)12-19(28)25-9-8-13-4-7-17(31-2)18(10-13)32-3/h4-7,10-11H,8-9,12H2,1-3H3,(H,25,28)(H,26,30). The summed E-state index contributed by atoms with van der Waals surface area (Å²) in [5.41, 5.74) is -0.0558. The van der Waals surface area contributed by atoms with Gasteiger partial charge < -0.3 is 20.1 Å². The summed E-state index contributed by atoms with van der Waals surface area (Å²) < 4.78 is 10.5. The Labute approximate surface area is 195 Å². The monoisotopic (exact) mass is 479 g/mol. The zero-order valence-electron chi connectivity index (χ0n) is 17.8. The van der Waals surface area contributed by atoms with Gasteiger partial charge in [0.15, 0.2) is 11.5 Å². The quantitative estimate of drug-likeness (QED) is 0.566. The van der Waals surface area contributed by atoms with Crippen molar-refractivity contribution in [3.8, 4) is 11.5 Å². The second-order valence-corrected chi connectivity index (χ2v) is 8.20. The Morgan fingerprint density at radius 2 is 1.81 bits per heavy atom. The van der Waals surface area contributed by atoms with Gasteiger partial charge in [0.25, 0.3) is 5.91 Å². The van der Waals surface area contributed by atoms with Crippen LogP contribution in [0.3, 0.4) is 0 Å². The molecule has 0 aliphatic carbocycles. The molecule has 10 heteroatoms. The lowest BCUT2D eigenvalue weighted by molar-refractivity contribution is -0.134. The highest BCUT2D eigenvalue weighted by atomic mass is 35.5. The third kappa shape index (κ3) is 4.76. The van der Waals surface area contributed by atoms with Gasteiger partial charge in [-0.05, 0) is 43.2 Å². The maximum absolute atomic E-state index is 13.0. The molecule has 0 spiro atoms. The average molecular weight is 480 g/mol. The molecule has 1 atom stereocenters. The second kappa shape index (κ2) is 9.67. The number of benzene rings is 2. The average Bonchev–Trinajstić information content (AvgIpc) is 2.97. The number of rotatable bonds is 8. The molecule has 32 heavy (non-hydrogen) atoms. The van der Waals surface area contributed by atoms with Crippen LogP contribution in [0.5, 0.6) is 11.5 Å². The number of nitrogens with one attached hydrogen (secondary N) is 2. The van der Waals surface area contributed by atoms with Gasteiger partial charge >= 0.3 is 6.03 Å². The van der Waals surface area contributed by atoms with Gasteiger partial charge in [0.05, 0.1) is 14.2 Å². The van der Waals surface area contributed by atoms with Crippen LogP contribution in [0.15, 0.2) is 36.4 Å². The Morgan fingerprint density at radius 1 is 1.09 bits per heavy atom. The largest absolute Gasteiger partial charge is 0.493 e. The fourth-order valence-electron chi connectivity index (χ4n) is 3.50. The van der Waals surface area contributed by atoms with Crippen LogP contribution in [0.2, 0.25) is 10.0 Å². The predicted octanol–water partition coefficient (Wildman–Crippen LogP) is 3.14. The van der Waals surface area contributed by atoms with E-state index in [9.17, 15) is 14.4 Å². The van der Waals surface area contributed by atoms with Crippen LogP contribution in [0.1, 0.15) is 18.1 Å². The minimum absolute atomic E-state index is 0.245. The van der Waals surface area contributed by atoms with E-state index in [1.807, 2.05) is 12.1 Å². The summed E-state index contributed by atoms with van der Waals surface area (Å²) in [5.74, 6) is 0.181. The van der Waals surface area contributed by atoms with E-state index in [4.69, 9.17) is 32.7 Å². The highest BCUT2D eigenvalue weighted by molar-refractivity contribution is 6.35. The molecule has 1 aliphatic rings. The van der Waals surface area contributed by atoms with E-state index in [0.29, 0.717) is 35.1 Å². The molecular weight excluding hydrogens is 457 g/mol. The number of amides is 4. The lowest BCUT2D eigenvalue weighted by Crippen LogP contribution is -2.43. The summed E-state index contributed by atoms with van der Waals surface area (Å²) in [6.45, 7) is 1.45. The molecule has 1 fully saturated rings. The van der Waals surface area contributed by atoms with Gasteiger partial charge in [0.1, 0.15) is 12.1 Å². The van der Waals surface area contributed by atoms with E-state index in [-0.39, 0.29) is 5.02 Å². The zero-order valence-corrected chi connectivity index (χ0v) is 19.3. The minimum atomic E-state index is -1.39. The molecule has 1 heterocycles. The lowest BCUT2D eigenvalue weighted by atomic mass is 9.92. The third-order valence-corrected chi connectivity index (χ3v) is 5.78. The Kier molecular flexibility index (Phi) is 7.16. The summed E-state index contributed by atoms with van der Waals surface area (Å²) in [6.07, 6.45) is 0.532. The molecule has 4 amide bonds. The van der Waals surface area contributed by atoms with Gasteiger partial charge in [-0.15, -0.1) is 0 Å². The Morgan fingerprint density at radius 3 is 2.47 bits per heavy atom. The summed E-state index contributed by atoms with van der Waals surface area (Å²) in [6, 6.07) is 9.46. The fraction of sp³-hybridized carbons (Fsp3) is 0.318. The number of hydrogen-bond acceptors (Lipinski definition) is 5. The molecule has 1 saturated heterocycles. The number of carbonyl (C=O) groups is 3. The number of hydrogen-bond donors (Lipinski definition) is 2. The van der Waals surface area contributed by atoms with Gasteiger partial charge in [-0.3, -0.25) is 14.5 Å². The molecule has 3 rings (SSSR count). The molecular formula is C22H23Cl2N3O5. The predicted molar refractivity (Wildman–Crippen MR) is 120 cm³/mol. The molecule has 2 N–H and O–H groups in total. The summed E-state index contributed by atoms with van der Waals surface area (Å²) in [7, 11) is 3.10. The number of imide groups is 1. The van der Waals surface area contributed by atoms with Crippen LogP contribution in [0, 0.1) is 0 Å². The molecule has 170 valence electrons. The SMILES string of the molecule is COc1ccc(CCNC(=O)CN2C(=O)NC(C)(c3ccc(Cl)cc3Cl)C2=O)cc1OC. The van der Waals surface area contributed by atoms with Gasteiger partial charge in [-0.2, -0.15) is 0 Å². The minimum Gasteiger partial charge on any atom is -0.493 e. The van der Waals surface area contributed by atoms with E-state index in [0.717, 1.165) is 10.5 Å². The van der Waals surface area contributed by atoms with Gasteiger partial charge in [0.2, 0.25) is 5.91 Å². The van der Waals surface area contributed by atoms with Gasteiger partial charge in [0, 0.05) is 22.2 Å². The molecule has 2 aromatic rings. The Bertz CT molecular complexity index is 1060. The van der Waals surface area contributed by atoms with Crippen LogP contribution in [0.4, 0.5) is 4.79 Å². The van der Waals surface area contributed by atoms with Gasteiger partial charge in [-0.25, -0.2) is 4.79 Å². The summed E-state index contributed by atoms with van der Waals surface area (Å²) in [5, 5.41) is 6.00. The number of methoxy groups -OCH3 is 2.